The lowest BCUT2D eigenvalue weighted by Gasteiger charge is -2.30. The van der Waals surface area contributed by atoms with Gasteiger partial charge in [-0.05, 0) is 90.0 Å². The van der Waals surface area contributed by atoms with Crippen LogP contribution in [0.25, 0.3) is 0 Å². The van der Waals surface area contributed by atoms with Crippen LogP contribution in [0.2, 0.25) is 0 Å². The van der Waals surface area contributed by atoms with Crippen molar-refractivity contribution in [3.05, 3.63) is 42.2 Å². The Morgan fingerprint density at radius 1 is 1.07 bits per heavy atom. The van der Waals surface area contributed by atoms with Crippen molar-refractivity contribution in [1.29, 1.82) is 0 Å². The number of hydrogen-bond donors (Lipinski definition) is 4. The molecular weight excluding hydrogens is 581 g/mol. The average molecular weight is 622 g/mol. The molecule has 0 spiro atoms. The molecule has 0 radical (unpaired) electrons. The van der Waals surface area contributed by atoms with Crippen LogP contribution >= 0.6 is 0 Å². The smallest absolute Gasteiger partial charge is 0.408 e. The highest BCUT2D eigenvalue weighted by atomic mass is 32.2. The van der Waals surface area contributed by atoms with E-state index < -0.39 is 69.0 Å². The van der Waals surface area contributed by atoms with Crippen LogP contribution in [0.4, 0.5) is 14.9 Å². The Morgan fingerprint density at radius 3 is 2.49 bits per heavy atom. The van der Waals surface area contributed by atoms with Gasteiger partial charge in [-0.15, -0.1) is 0 Å². The van der Waals surface area contributed by atoms with Crippen LogP contribution < -0.4 is 20.1 Å². The summed E-state index contributed by atoms with van der Waals surface area (Å²) in [7, 11) is -4.42. The zero-order valence-corrected chi connectivity index (χ0v) is 25.5. The van der Waals surface area contributed by atoms with Crippen molar-refractivity contribution in [3.63, 3.8) is 0 Å². The minimum Gasteiger partial charge on any atom is -0.436 e. The number of benzene rings is 1. The number of alkyl carbamates (subject to hydrolysis) is 1. The molecule has 14 heteroatoms. The van der Waals surface area contributed by atoms with Crippen LogP contribution in [0.3, 0.4) is 0 Å². The van der Waals surface area contributed by atoms with Crippen molar-refractivity contribution in [2.75, 3.05) is 11.3 Å². The molecule has 0 unspecified atom stereocenters. The molecule has 236 valence electrons. The molecule has 1 aromatic rings. The Labute approximate surface area is 251 Å². The second-order valence-electron chi connectivity index (χ2n) is 12.3. The summed E-state index contributed by atoms with van der Waals surface area (Å²) in [6, 6.07) is 3.64. The highest BCUT2D eigenvalue weighted by molar-refractivity contribution is 7.91. The quantitative estimate of drug-likeness (QED) is 0.368. The average Bonchev–Trinajstić information content (AvgIpc) is 3.36. The monoisotopic (exact) mass is 621 g/mol. The van der Waals surface area contributed by atoms with Gasteiger partial charge < -0.3 is 20.3 Å². The van der Waals surface area contributed by atoms with Crippen molar-refractivity contribution in [2.45, 2.75) is 95.4 Å². The second-order valence-corrected chi connectivity index (χ2v) is 13.8. The first-order valence-corrected chi connectivity index (χ1v) is 16.1. The first-order valence-electron chi connectivity index (χ1n) is 14.6. The van der Waals surface area contributed by atoms with Gasteiger partial charge in [0.2, 0.25) is 5.91 Å². The Bertz CT molecular complexity index is 1360. The summed E-state index contributed by atoms with van der Waals surface area (Å²) in [5.74, 6) is -3.00. The predicted octanol–water partition coefficient (Wildman–Crippen LogP) is 2.88. The second kappa shape index (κ2) is 12.9. The minimum absolute atomic E-state index is 0.0469. The number of carbonyl (C=O) groups excluding carboxylic acids is 4. The van der Waals surface area contributed by atoms with Crippen molar-refractivity contribution in [2.24, 2.45) is 5.92 Å². The summed E-state index contributed by atoms with van der Waals surface area (Å²) < 4.78 is 48.5. The maximum absolute atomic E-state index is 13.6. The zero-order valence-electron chi connectivity index (χ0n) is 24.7. The van der Waals surface area contributed by atoms with E-state index in [0.29, 0.717) is 32.1 Å². The van der Waals surface area contributed by atoms with Crippen molar-refractivity contribution >= 4 is 39.7 Å². The fourth-order valence-electron chi connectivity index (χ4n) is 5.41. The zero-order chi connectivity index (χ0) is 31.4. The number of anilines is 1. The summed E-state index contributed by atoms with van der Waals surface area (Å²) >= 11 is 0. The first kappa shape index (κ1) is 32.2. The van der Waals surface area contributed by atoms with Gasteiger partial charge in [0.15, 0.2) is 6.10 Å². The lowest BCUT2D eigenvalue weighted by atomic mass is 10.1. The minimum atomic E-state index is -4.42. The number of carbonyl (C=O) groups is 4. The largest absolute Gasteiger partial charge is 0.436 e. The number of halogens is 1. The molecule has 2 heterocycles. The van der Waals surface area contributed by atoms with Crippen LogP contribution in [-0.2, 0) is 29.3 Å². The summed E-state index contributed by atoms with van der Waals surface area (Å²) in [6.45, 7) is 5.66. The van der Waals surface area contributed by atoms with E-state index in [-0.39, 0.29) is 18.7 Å². The fraction of sp³-hybridized carbons (Fsp3) is 0.586. The highest BCUT2D eigenvalue weighted by Crippen LogP contribution is 2.45. The number of ether oxygens (including phenoxy) is 1. The Morgan fingerprint density at radius 2 is 1.79 bits per heavy atom. The van der Waals surface area contributed by atoms with Gasteiger partial charge in [0.1, 0.15) is 17.4 Å². The summed E-state index contributed by atoms with van der Waals surface area (Å²) in [5.41, 5.74) is -2.06. The van der Waals surface area contributed by atoms with Crippen molar-refractivity contribution < 1.29 is 36.7 Å². The topological polar surface area (TPSA) is 163 Å². The molecule has 2 aliphatic heterocycles. The van der Waals surface area contributed by atoms with E-state index in [1.54, 1.807) is 26.8 Å². The molecule has 4 rings (SSSR count). The molecule has 2 fully saturated rings. The van der Waals surface area contributed by atoms with Crippen LogP contribution in [0.15, 0.2) is 36.4 Å². The molecule has 4 atom stereocenters. The molecule has 1 aliphatic carbocycles. The van der Waals surface area contributed by atoms with E-state index in [1.165, 1.54) is 17.0 Å². The molecule has 43 heavy (non-hydrogen) atoms. The number of amides is 4. The third kappa shape index (κ3) is 8.46. The standard InChI is InChI=1S/C29H40FN5O7S/c1-28(2,3)32-27(39)42-23-12-8-6-4-5-7-10-19-18-29(19,31-24(36)22-11-9-17-35(22)25(23)37)26(38)34-43(40,41)33-21-15-13-20(30)14-16-21/h7,10,13-16,19,22-23,33H,4-6,8-9,11-12,17-18H2,1-3H3,(H,31,36)(H,32,39)(H,34,38)/t19-,22+,23+,29-/m1/s1. The van der Waals surface area contributed by atoms with Crippen LogP contribution in [0.5, 0.6) is 0 Å². The van der Waals surface area contributed by atoms with E-state index in [0.717, 1.165) is 25.0 Å². The number of fused-ring (bicyclic) bond motifs is 2. The van der Waals surface area contributed by atoms with Crippen molar-refractivity contribution in [1.82, 2.24) is 20.3 Å². The Balaban J connectivity index is 1.53. The maximum atomic E-state index is 13.6. The highest BCUT2D eigenvalue weighted by Gasteiger charge is 2.61. The van der Waals surface area contributed by atoms with Gasteiger partial charge in [-0.3, -0.25) is 19.1 Å². The molecular formula is C29H40FN5O7S. The molecule has 3 aliphatic rings. The lowest BCUT2D eigenvalue weighted by molar-refractivity contribution is -0.146. The van der Waals surface area contributed by atoms with Gasteiger partial charge in [0.05, 0.1) is 5.69 Å². The van der Waals surface area contributed by atoms with E-state index in [4.69, 9.17) is 4.74 Å². The SMILES string of the molecule is CC(C)(C)NC(=O)O[C@H]1CCCCCC=C[C@@H]2C[C@@]2(C(=O)NS(=O)(=O)Nc2ccc(F)cc2)NC(=O)[C@@H]2CCCN2C1=O. The van der Waals surface area contributed by atoms with E-state index in [9.17, 15) is 32.0 Å². The molecule has 0 bridgehead atoms. The molecule has 1 saturated heterocycles. The van der Waals surface area contributed by atoms with Gasteiger partial charge in [-0.1, -0.05) is 18.6 Å². The predicted molar refractivity (Wildman–Crippen MR) is 156 cm³/mol. The number of allylic oxidation sites excluding steroid dienone is 1. The van der Waals surface area contributed by atoms with Gasteiger partial charge in [0.25, 0.3) is 11.8 Å². The fourth-order valence-corrected chi connectivity index (χ4v) is 6.34. The van der Waals surface area contributed by atoms with Crippen LogP contribution in [-0.4, -0.2) is 66.9 Å². The Kier molecular flexibility index (Phi) is 9.67. The van der Waals surface area contributed by atoms with Crippen LogP contribution in [0.1, 0.15) is 72.1 Å². The molecule has 12 nitrogen and oxygen atoms in total. The molecule has 4 amide bonds. The summed E-state index contributed by atoms with van der Waals surface area (Å²) in [6.07, 6.45) is 6.10. The van der Waals surface area contributed by atoms with Gasteiger partial charge >= 0.3 is 16.3 Å². The summed E-state index contributed by atoms with van der Waals surface area (Å²) in [5, 5.41) is 5.45. The van der Waals surface area contributed by atoms with Crippen LogP contribution in [0, 0.1) is 11.7 Å². The maximum Gasteiger partial charge on any atom is 0.408 e. The third-order valence-corrected chi connectivity index (χ3v) is 8.59. The normalized spacial score (nSPS) is 26.6. The third-order valence-electron chi connectivity index (χ3n) is 7.64. The van der Waals surface area contributed by atoms with E-state index in [2.05, 4.69) is 15.4 Å². The molecule has 4 N–H and O–H groups in total. The summed E-state index contributed by atoms with van der Waals surface area (Å²) in [4.78, 5) is 54.6. The number of rotatable bonds is 5. The Hall–Kier alpha value is -3.68. The van der Waals surface area contributed by atoms with Gasteiger partial charge in [0, 0.05) is 18.0 Å². The number of nitrogens with zero attached hydrogens (tertiary/aromatic N) is 1. The molecule has 0 aromatic heterocycles. The molecule has 1 saturated carbocycles. The number of hydrogen-bond acceptors (Lipinski definition) is 7. The van der Waals surface area contributed by atoms with Gasteiger partial charge in [-0.25, -0.2) is 13.9 Å². The first-order chi connectivity index (χ1) is 20.2. The van der Waals surface area contributed by atoms with E-state index in [1.807, 2.05) is 10.8 Å². The van der Waals surface area contributed by atoms with Gasteiger partial charge in [-0.2, -0.15) is 8.42 Å². The number of nitrogens with one attached hydrogen (secondary N) is 4. The lowest BCUT2D eigenvalue weighted by Crippen LogP contribution is -2.57. The van der Waals surface area contributed by atoms with E-state index >= 15 is 0 Å². The van der Waals surface area contributed by atoms with Crippen molar-refractivity contribution in [3.8, 4) is 0 Å². The molecule has 1 aromatic carbocycles.